The summed E-state index contributed by atoms with van der Waals surface area (Å²) in [5, 5.41) is 10.7. The van der Waals surface area contributed by atoms with Gasteiger partial charge in [-0.3, -0.25) is 9.69 Å². The summed E-state index contributed by atoms with van der Waals surface area (Å²) in [6.45, 7) is 5.78. The van der Waals surface area contributed by atoms with Crippen LogP contribution in [-0.4, -0.2) is 53.1 Å². The highest BCUT2D eigenvalue weighted by molar-refractivity contribution is 5.78. The van der Waals surface area contributed by atoms with E-state index in [1.807, 2.05) is 0 Å². The van der Waals surface area contributed by atoms with Gasteiger partial charge < -0.3 is 10.0 Å². The third kappa shape index (κ3) is 3.61. The average molecular weight is 459 g/mol. The smallest absolute Gasteiger partial charge is 0.223 e. The predicted octanol–water partition coefficient (Wildman–Crippen LogP) is 4.65. The Morgan fingerprint density at radius 3 is 1.97 bits per heavy atom. The highest BCUT2D eigenvalue weighted by Gasteiger charge is 2.61. The lowest BCUT2D eigenvalue weighted by atomic mass is 9.42. The third-order valence-electron chi connectivity index (χ3n) is 10.0. The molecule has 1 unspecified atom stereocenters. The molecule has 1 saturated heterocycles. The summed E-state index contributed by atoms with van der Waals surface area (Å²) in [5.74, 6) is 2.26. The summed E-state index contributed by atoms with van der Waals surface area (Å²) in [6, 6.07) is 22.0. The van der Waals surface area contributed by atoms with E-state index in [1.54, 1.807) is 0 Å². The molecule has 4 bridgehead atoms. The second-order valence-electron chi connectivity index (χ2n) is 11.4. The second-order valence-corrected chi connectivity index (χ2v) is 11.4. The number of nitrogens with zero attached hydrogens (tertiary/aromatic N) is 2. The van der Waals surface area contributed by atoms with Crippen LogP contribution in [0.25, 0.3) is 0 Å². The van der Waals surface area contributed by atoms with Crippen molar-refractivity contribution < 1.29 is 9.90 Å². The van der Waals surface area contributed by atoms with Gasteiger partial charge in [0.25, 0.3) is 0 Å². The molecule has 4 aliphatic carbocycles. The van der Waals surface area contributed by atoms with Crippen LogP contribution in [0.2, 0.25) is 0 Å². The van der Waals surface area contributed by atoms with E-state index >= 15 is 0 Å². The molecular formula is C30H38N2O2. The molecule has 1 N–H and O–H groups in total. The molecule has 0 radical (unpaired) electrons. The fraction of sp³-hybridized carbons (Fsp3) is 0.567. The first-order valence-corrected chi connectivity index (χ1v) is 13.4. The molecule has 1 aliphatic heterocycles. The van der Waals surface area contributed by atoms with E-state index in [0.29, 0.717) is 42.0 Å². The molecule has 5 fully saturated rings. The maximum atomic E-state index is 13.8. The van der Waals surface area contributed by atoms with Crippen LogP contribution in [0.15, 0.2) is 60.7 Å². The topological polar surface area (TPSA) is 43.8 Å². The first-order chi connectivity index (χ1) is 16.6. The number of carbonyl (C=O) groups is 1. The summed E-state index contributed by atoms with van der Waals surface area (Å²) < 4.78 is 0. The number of hydrogen-bond donors (Lipinski definition) is 1. The summed E-state index contributed by atoms with van der Waals surface area (Å²) in [7, 11) is 0. The van der Waals surface area contributed by atoms with Gasteiger partial charge in [0, 0.05) is 44.1 Å². The zero-order chi connectivity index (χ0) is 23.3. The average Bonchev–Trinajstić information content (AvgIpc) is 2.88. The lowest BCUT2D eigenvalue weighted by Gasteiger charge is -2.63. The highest BCUT2D eigenvalue weighted by Crippen LogP contribution is 2.64. The maximum Gasteiger partial charge on any atom is 0.223 e. The summed E-state index contributed by atoms with van der Waals surface area (Å²) in [4.78, 5) is 18.5. The molecule has 2 aromatic carbocycles. The van der Waals surface area contributed by atoms with Gasteiger partial charge in [0.1, 0.15) is 0 Å². The van der Waals surface area contributed by atoms with Gasteiger partial charge in [-0.1, -0.05) is 60.7 Å². The molecule has 7 rings (SSSR count). The van der Waals surface area contributed by atoms with Crippen molar-refractivity contribution in [3.8, 4) is 0 Å². The van der Waals surface area contributed by atoms with E-state index in [-0.39, 0.29) is 11.5 Å². The summed E-state index contributed by atoms with van der Waals surface area (Å²) >= 11 is 0. The van der Waals surface area contributed by atoms with E-state index in [0.717, 1.165) is 51.9 Å². The first-order valence-electron chi connectivity index (χ1n) is 13.4. The van der Waals surface area contributed by atoms with E-state index in [9.17, 15) is 9.90 Å². The number of amides is 1. The van der Waals surface area contributed by atoms with Gasteiger partial charge in [0.05, 0.1) is 6.10 Å². The monoisotopic (exact) mass is 458 g/mol. The standard InChI is InChI=1S/C30H38N2O2/c1-21(22-8-4-2-5-9-22)31-12-14-32(15-13-31)28(33)20-30(25-10-6-3-7-11-25)26-16-23-17-27(30)19-24(18-26)29(23)34/h2-11,21,23-24,26-27,29,34H,12-20H2,1H3. The van der Waals surface area contributed by atoms with Crippen molar-refractivity contribution in [3.05, 3.63) is 71.8 Å². The van der Waals surface area contributed by atoms with Crippen molar-refractivity contribution in [3.63, 3.8) is 0 Å². The zero-order valence-corrected chi connectivity index (χ0v) is 20.4. The molecule has 4 heteroatoms. The van der Waals surface area contributed by atoms with Gasteiger partial charge >= 0.3 is 0 Å². The van der Waals surface area contributed by atoms with Gasteiger partial charge in [-0.25, -0.2) is 0 Å². The SMILES string of the molecule is CC(c1ccccc1)N1CCN(C(=O)CC2(c3ccccc3)C3CC4CC2CC(C3)C4O)CC1. The molecule has 4 nitrogen and oxygen atoms in total. The molecule has 0 aromatic heterocycles. The lowest BCUT2D eigenvalue weighted by Crippen LogP contribution is -2.61. The van der Waals surface area contributed by atoms with E-state index in [4.69, 9.17) is 0 Å². The molecular weight excluding hydrogens is 420 g/mol. The van der Waals surface area contributed by atoms with Gasteiger partial charge in [0.15, 0.2) is 0 Å². The summed E-state index contributed by atoms with van der Waals surface area (Å²) in [5.41, 5.74) is 2.66. The largest absolute Gasteiger partial charge is 0.393 e. The normalized spacial score (nSPS) is 35.9. The molecule has 1 atom stereocenters. The van der Waals surface area contributed by atoms with Gasteiger partial charge in [0.2, 0.25) is 5.91 Å². The Hall–Kier alpha value is -2.17. The van der Waals surface area contributed by atoms with Crippen LogP contribution in [0, 0.1) is 23.7 Å². The lowest BCUT2D eigenvalue weighted by molar-refractivity contribution is -0.154. The van der Waals surface area contributed by atoms with Gasteiger partial charge in [-0.15, -0.1) is 0 Å². The Balaban J connectivity index is 1.19. The molecule has 1 amide bonds. The number of aliphatic hydroxyl groups excluding tert-OH is 1. The molecule has 5 aliphatic rings. The van der Waals surface area contributed by atoms with E-state index in [2.05, 4.69) is 77.4 Å². The number of hydrogen-bond acceptors (Lipinski definition) is 3. The second kappa shape index (κ2) is 8.80. The molecule has 2 aromatic rings. The molecule has 1 heterocycles. The Morgan fingerprint density at radius 2 is 1.41 bits per heavy atom. The minimum atomic E-state index is -0.114. The van der Waals surface area contributed by atoms with Crippen LogP contribution in [0.5, 0.6) is 0 Å². The molecule has 180 valence electrons. The highest BCUT2D eigenvalue weighted by atomic mass is 16.3. The Morgan fingerprint density at radius 1 is 0.882 bits per heavy atom. The van der Waals surface area contributed by atoms with Crippen LogP contribution < -0.4 is 0 Å². The maximum absolute atomic E-state index is 13.8. The van der Waals surface area contributed by atoms with Crippen LogP contribution in [0.1, 0.15) is 56.2 Å². The molecule has 0 spiro atoms. The van der Waals surface area contributed by atoms with Crippen LogP contribution in [0.4, 0.5) is 0 Å². The van der Waals surface area contributed by atoms with Crippen molar-refractivity contribution >= 4 is 5.91 Å². The van der Waals surface area contributed by atoms with Crippen LogP contribution in [-0.2, 0) is 10.2 Å². The van der Waals surface area contributed by atoms with Gasteiger partial charge in [-0.2, -0.15) is 0 Å². The summed E-state index contributed by atoms with van der Waals surface area (Å²) in [6.07, 6.45) is 4.85. The minimum Gasteiger partial charge on any atom is -0.393 e. The minimum absolute atomic E-state index is 0.0556. The number of carbonyl (C=O) groups excluding carboxylic acids is 1. The van der Waals surface area contributed by atoms with Crippen molar-refractivity contribution in [2.24, 2.45) is 23.7 Å². The van der Waals surface area contributed by atoms with Crippen molar-refractivity contribution in [1.82, 2.24) is 9.80 Å². The van der Waals surface area contributed by atoms with Crippen LogP contribution in [0.3, 0.4) is 0 Å². The van der Waals surface area contributed by atoms with Crippen LogP contribution >= 0.6 is 0 Å². The Bertz CT molecular complexity index is 969. The predicted molar refractivity (Wildman–Crippen MR) is 134 cm³/mol. The number of rotatable bonds is 5. The fourth-order valence-corrected chi connectivity index (χ4v) is 8.24. The van der Waals surface area contributed by atoms with E-state index < -0.39 is 0 Å². The first kappa shape index (κ1) is 22.3. The fourth-order valence-electron chi connectivity index (χ4n) is 8.24. The Kier molecular flexibility index (Phi) is 5.77. The Labute approximate surface area is 204 Å². The number of benzene rings is 2. The molecule has 4 saturated carbocycles. The zero-order valence-electron chi connectivity index (χ0n) is 20.4. The van der Waals surface area contributed by atoms with Crippen molar-refractivity contribution in [2.45, 2.75) is 56.6 Å². The van der Waals surface area contributed by atoms with Gasteiger partial charge in [-0.05, 0) is 67.4 Å². The van der Waals surface area contributed by atoms with Crippen molar-refractivity contribution in [1.29, 1.82) is 0 Å². The number of aliphatic hydroxyl groups is 1. The van der Waals surface area contributed by atoms with Crippen molar-refractivity contribution in [2.75, 3.05) is 26.2 Å². The number of piperazine rings is 1. The third-order valence-corrected chi connectivity index (χ3v) is 10.0. The van der Waals surface area contributed by atoms with E-state index in [1.165, 1.54) is 11.1 Å². The quantitative estimate of drug-likeness (QED) is 0.710. The molecule has 34 heavy (non-hydrogen) atoms.